The first-order chi connectivity index (χ1) is 12.2. The lowest BCUT2D eigenvalue weighted by molar-refractivity contribution is 0.402. The molecule has 0 rings (SSSR count). The van der Waals surface area contributed by atoms with E-state index in [0.29, 0.717) is 12.1 Å². The molecule has 1 nitrogen and oxygen atoms in total. The number of hydrogen-bond donors (Lipinski definition) is 1. The first-order valence-electron chi connectivity index (χ1n) is 12.0. The molecule has 2 atom stereocenters. The summed E-state index contributed by atoms with van der Waals surface area (Å²) < 4.78 is 0. The van der Waals surface area contributed by atoms with Crippen molar-refractivity contribution in [2.45, 2.75) is 155 Å². The van der Waals surface area contributed by atoms with E-state index in [1.54, 1.807) is 0 Å². The first-order valence-corrected chi connectivity index (χ1v) is 12.0. The second-order valence-electron chi connectivity index (χ2n) is 8.50. The van der Waals surface area contributed by atoms with Crippen molar-refractivity contribution >= 4 is 12.4 Å². The van der Waals surface area contributed by atoms with Gasteiger partial charge < -0.3 is 5.32 Å². The molecular formula is C24H52ClN. The molecule has 0 amide bonds. The Labute approximate surface area is 173 Å². The molecule has 0 aromatic heterocycles. The summed E-state index contributed by atoms with van der Waals surface area (Å²) in [6.45, 7) is 9.35. The molecule has 0 heterocycles. The summed E-state index contributed by atoms with van der Waals surface area (Å²) in [5.41, 5.74) is 0. The fourth-order valence-corrected chi connectivity index (χ4v) is 3.82. The van der Waals surface area contributed by atoms with E-state index in [1.165, 1.54) is 116 Å². The predicted molar refractivity (Wildman–Crippen MR) is 124 cm³/mol. The van der Waals surface area contributed by atoms with Crippen LogP contribution in [0.25, 0.3) is 0 Å². The van der Waals surface area contributed by atoms with Crippen molar-refractivity contribution in [2.24, 2.45) is 0 Å². The van der Waals surface area contributed by atoms with Crippen LogP contribution in [0.15, 0.2) is 0 Å². The van der Waals surface area contributed by atoms with Gasteiger partial charge in [-0.2, -0.15) is 0 Å². The number of unbranched alkanes of at least 4 members (excludes halogenated alkanes) is 14. The molecule has 160 valence electrons. The summed E-state index contributed by atoms with van der Waals surface area (Å²) in [4.78, 5) is 0. The van der Waals surface area contributed by atoms with Crippen LogP contribution in [0.2, 0.25) is 0 Å². The lowest BCUT2D eigenvalue weighted by atomic mass is 10.0. The van der Waals surface area contributed by atoms with Gasteiger partial charge in [0.1, 0.15) is 0 Å². The van der Waals surface area contributed by atoms with Crippen LogP contribution in [0.4, 0.5) is 0 Å². The van der Waals surface area contributed by atoms with Gasteiger partial charge in [-0.1, -0.05) is 117 Å². The van der Waals surface area contributed by atoms with Crippen LogP contribution in [-0.4, -0.2) is 12.1 Å². The highest BCUT2D eigenvalue weighted by molar-refractivity contribution is 5.85. The molecule has 0 aromatic rings. The fraction of sp³-hybridized carbons (Fsp3) is 1.00. The van der Waals surface area contributed by atoms with Crippen LogP contribution < -0.4 is 5.32 Å². The van der Waals surface area contributed by atoms with E-state index in [9.17, 15) is 0 Å². The topological polar surface area (TPSA) is 12.0 Å². The van der Waals surface area contributed by atoms with E-state index in [1.807, 2.05) is 0 Å². The van der Waals surface area contributed by atoms with Gasteiger partial charge in [-0.25, -0.2) is 0 Å². The van der Waals surface area contributed by atoms with Crippen molar-refractivity contribution in [1.29, 1.82) is 0 Å². The van der Waals surface area contributed by atoms with E-state index in [-0.39, 0.29) is 12.4 Å². The maximum atomic E-state index is 3.82. The number of halogens is 1. The van der Waals surface area contributed by atoms with Crippen LogP contribution in [0.5, 0.6) is 0 Å². The molecule has 0 aliphatic rings. The van der Waals surface area contributed by atoms with E-state index >= 15 is 0 Å². The standard InChI is InChI=1S/C24H51N.ClH/c1-5-7-9-11-13-15-17-19-21-23(3)25-24(4)22-20-18-16-14-12-10-8-6-2;/h23-25H,5-22H2,1-4H3;1H. The molecule has 26 heavy (non-hydrogen) atoms. The van der Waals surface area contributed by atoms with E-state index in [0.717, 1.165) is 0 Å². The molecule has 0 saturated heterocycles. The maximum Gasteiger partial charge on any atom is 0.00412 e. The average molecular weight is 390 g/mol. The van der Waals surface area contributed by atoms with Crippen LogP contribution in [0.1, 0.15) is 143 Å². The summed E-state index contributed by atoms with van der Waals surface area (Å²) in [7, 11) is 0. The second kappa shape index (κ2) is 23.3. The Morgan fingerprint density at radius 1 is 0.462 bits per heavy atom. The van der Waals surface area contributed by atoms with Gasteiger partial charge in [0.05, 0.1) is 0 Å². The second-order valence-corrected chi connectivity index (χ2v) is 8.50. The summed E-state index contributed by atoms with van der Waals surface area (Å²) in [5.74, 6) is 0. The van der Waals surface area contributed by atoms with Crippen LogP contribution in [-0.2, 0) is 0 Å². The molecule has 0 spiro atoms. The third-order valence-electron chi connectivity index (χ3n) is 5.55. The zero-order valence-corrected chi connectivity index (χ0v) is 19.6. The Kier molecular flexibility index (Phi) is 25.5. The summed E-state index contributed by atoms with van der Waals surface area (Å²) in [6.07, 6.45) is 25.6. The molecular weight excluding hydrogens is 338 g/mol. The number of hydrogen-bond acceptors (Lipinski definition) is 1. The highest BCUT2D eigenvalue weighted by Crippen LogP contribution is 2.13. The van der Waals surface area contributed by atoms with Gasteiger partial charge in [-0.15, -0.1) is 12.4 Å². The molecule has 2 unspecified atom stereocenters. The van der Waals surface area contributed by atoms with E-state index in [2.05, 4.69) is 33.0 Å². The van der Waals surface area contributed by atoms with Crippen molar-refractivity contribution in [2.75, 3.05) is 0 Å². The molecule has 0 radical (unpaired) electrons. The van der Waals surface area contributed by atoms with Crippen LogP contribution >= 0.6 is 12.4 Å². The number of nitrogens with one attached hydrogen (secondary N) is 1. The summed E-state index contributed by atoms with van der Waals surface area (Å²) >= 11 is 0. The van der Waals surface area contributed by atoms with E-state index in [4.69, 9.17) is 0 Å². The molecule has 2 heteroatoms. The Balaban J connectivity index is 0. The first kappa shape index (κ1) is 28.5. The zero-order valence-electron chi connectivity index (χ0n) is 18.8. The van der Waals surface area contributed by atoms with Gasteiger partial charge in [0, 0.05) is 12.1 Å². The molecule has 0 aliphatic heterocycles. The Hall–Kier alpha value is 0.250. The zero-order chi connectivity index (χ0) is 18.6. The molecule has 0 aromatic carbocycles. The average Bonchev–Trinajstić information content (AvgIpc) is 2.59. The minimum absolute atomic E-state index is 0. The van der Waals surface area contributed by atoms with Gasteiger partial charge in [-0.3, -0.25) is 0 Å². The highest BCUT2D eigenvalue weighted by Gasteiger charge is 2.07. The Morgan fingerprint density at radius 2 is 0.731 bits per heavy atom. The van der Waals surface area contributed by atoms with Gasteiger partial charge in [0.15, 0.2) is 0 Å². The van der Waals surface area contributed by atoms with Crippen molar-refractivity contribution in [3.8, 4) is 0 Å². The monoisotopic (exact) mass is 389 g/mol. The lowest BCUT2D eigenvalue weighted by Gasteiger charge is -2.20. The van der Waals surface area contributed by atoms with Crippen molar-refractivity contribution in [1.82, 2.24) is 5.32 Å². The molecule has 1 N–H and O–H groups in total. The number of rotatable bonds is 20. The van der Waals surface area contributed by atoms with E-state index < -0.39 is 0 Å². The lowest BCUT2D eigenvalue weighted by Crippen LogP contribution is -2.34. The summed E-state index contributed by atoms with van der Waals surface area (Å²) in [5, 5.41) is 3.82. The molecule has 0 saturated carbocycles. The smallest absolute Gasteiger partial charge is 0.00412 e. The quantitative estimate of drug-likeness (QED) is 0.205. The molecule has 0 bridgehead atoms. The molecule has 0 aliphatic carbocycles. The largest absolute Gasteiger partial charge is 0.312 e. The Bertz CT molecular complexity index is 220. The van der Waals surface area contributed by atoms with Crippen molar-refractivity contribution in [3.05, 3.63) is 0 Å². The van der Waals surface area contributed by atoms with Crippen LogP contribution in [0, 0.1) is 0 Å². The minimum Gasteiger partial charge on any atom is -0.312 e. The van der Waals surface area contributed by atoms with Gasteiger partial charge >= 0.3 is 0 Å². The van der Waals surface area contributed by atoms with Gasteiger partial charge in [-0.05, 0) is 26.7 Å². The predicted octanol–water partition coefficient (Wildman–Crippen LogP) is 8.84. The fourth-order valence-electron chi connectivity index (χ4n) is 3.82. The van der Waals surface area contributed by atoms with Crippen LogP contribution in [0.3, 0.4) is 0 Å². The molecule has 0 fully saturated rings. The third-order valence-corrected chi connectivity index (χ3v) is 5.55. The minimum atomic E-state index is 0. The summed E-state index contributed by atoms with van der Waals surface area (Å²) in [6, 6.07) is 1.40. The van der Waals surface area contributed by atoms with Crippen molar-refractivity contribution in [3.63, 3.8) is 0 Å². The van der Waals surface area contributed by atoms with Crippen molar-refractivity contribution < 1.29 is 0 Å². The SMILES string of the molecule is CCCCCCCCCCC(C)NC(C)CCCCCCCCCC.Cl. The maximum absolute atomic E-state index is 3.82. The third kappa shape index (κ3) is 22.3. The normalized spacial score (nSPS) is 13.4. The van der Waals surface area contributed by atoms with Gasteiger partial charge in [0.25, 0.3) is 0 Å². The van der Waals surface area contributed by atoms with Gasteiger partial charge in [0.2, 0.25) is 0 Å². The highest BCUT2D eigenvalue weighted by atomic mass is 35.5. The Morgan fingerprint density at radius 3 is 1.04 bits per heavy atom.